The number of nitrogens with zero attached hydrogens (tertiary/aromatic N) is 1. The number of hydrogen-bond donors (Lipinski definition) is 1. The molecule has 2 aliphatic rings. The zero-order chi connectivity index (χ0) is 15.4. The van der Waals surface area contributed by atoms with Crippen molar-refractivity contribution in [3.63, 3.8) is 0 Å². The Bertz CT molecular complexity index is 456. The lowest BCUT2D eigenvalue weighted by Crippen LogP contribution is -2.49. The van der Waals surface area contributed by atoms with Gasteiger partial charge in [-0.25, -0.2) is 0 Å². The summed E-state index contributed by atoms with van der Waals surface area (Å²) in [5.41, 5.74) is 1.01. The Morgan fingerprint density at radius 1 is 1.14 bits per heavy atom. The van der Waals surface area contributed by atoms with Crippen molar-refractivity contribution < 1.29 is 14.6 Å². The Labute approximate surface area is 133 Å². The van der Waals surface area contributed by atoms with E-state index in [1.807, 2.05) is 24.3 Å². The SMILES string of the molecule is COc1ccc([C@H](O)[C@@H]2CCCC[C@@H]2N2CCOCC2)cc1. The summed E-state index contributed by atoms with van der Waals surface area (Å²) in [6, 6.07) is 8.34. The van der Waals surface area contributed by atoms with E-state index in [4.69, 9.17) is 9.47 Å². The van der Waals surface area contributed by atoms with E-state index in [1.54, 1.807) is 7.11 Å². The second kappa shape index (κ2) is 7.44. The molecular formula is C18H27NO3. The molecule has 1 aliphatic heterocycles. The lowest BCUT2D eigenvalue weighted by atomic mass is 9.78. The van der Waals surface area contributed by atoms with Gasteiger partial charge in [0.2, 0.25) is 0 Å². The summed E-state index contributed by atoms with van der Waals surface area (Å²) in [5.74, 6) is 1.16. The Morgan fingerprint density at radius 3 is 2.50 bits per heavy atom. The van der Waals surface area contributed by atoms with Crippen molar-refractivity contribution >= 4 is 0 Å². The first-order chi connectivity index (χ1) is 10.8. The molecule has 22 heavy (non-hydrogen) atoms. The van der Waals surface area contributed by atoms with E-state index in [-0.39, 0.29) is 6.10 Å². The first kappa shape index (κ1) is 15.8. The molecule has 1 heterocycles. The van der Waals surface area contributed by atoms with Crippen LogP contribution in [-0.2, 0) is 4.74 Å². The molecule has 1 saturated heterocycles. The molecule has 0 amide bonds. The third kappa shape index (κ3) is 3.45. The molecule has 3 atom stereocenters. The molecule has 4 nitrogen and oxygen atoms in total. The maximum atomic E-state index is 10.9. The lowest BCUT2D eigenvalue weighted by Gasteiger charge is -2.43. The minimum absolute atomic E-state index is 0.320. The Balaban J connectivity index is 1.73. The standard InChI is InChI=1S/C18H27NO3/c1-21-15-8-6-14(7-9-15)18(20)16-4-2-3-5-17(16)19-10-12-22-13-11-19/h6-9,16-18,20H,2-5,10-13H2,1H3/t16-,17+,18+/m1/s1. The highest BCUT2D eigenvalue weighted by Crippen LogP contribution is 2.37. The molecule has 0 unspecified atom stereocenters. The zero-order valence-corrected chi connectivity index (χ0v) is 13.4. The number of aliphatic hydroxyl groups excluding tert-OH is 1. The van der Waals surface area contributed by atoms with Crippen LogP contribution in [0, 0.1) is 5.92 Å². The van der Waals surface area contributed by atoms with Crippen LogP contribution in [0.1, 0.15) is 37.4 Å². The maximum absolute atomic E-state index is 10.9. The predicted molar refractivity (Wildman–Crippen MR) is 86.1 cm³/mol. The topological polar surface area (TPSA) is 41.9 Å². The van der Waals surface area contributed by atoms with Gasteiger partial charge in [0.1, 0.15) is 5.75 Å². The number of benzene rings is 1. The van der Waals surface area contributed by atoms with Gasteiger partial charge in [0.05, 0.1) is 26.4 Å². The van der Waals surface area contributed by atoms with Crippen LogP contribution in [0.15, 0.2) is 24.3 Å². The van der Waals surface area contributed by atoms with Crippen LogP contribution in [0.2, 0.25) is 0 Å². The van der Waals surface area contributed by atoms with Crippen molar-refractivity contribution in [3.8, 4) is 5.75 Å². The van der Waals surface area contributed by atoms with Gasteiger partial charge in [0, 0.05) is 25.0 Å². The smallest absolute Gasteiger partial charge is 0.118 e. The quantitative estimate of drug-likeness (QED) is 0.928. The molecule has 2 fully saturated rings. The van der Waals surface area contributed by atoms with Gasteiger partial charge in [-0.2, -0.15) is 0 Å². The van der Waals surface area contributed by atoms with E-state index in [2.05, 4.69) is 4.90 Å². The van der Waals surface area contributed by atoms with Crippen molar-refractivity contribution in [1.29, 1.82) is 0 Å². The normalized spacial score (nSPS) is 28.3. The summed E-state index contributed by atoms with van der Waals surface area (Å²) in [5, 5.41) is 10.9. The average molecular weight is 305 g/mol. The molecule has 1 N–H and O–H groups in total. The van der Waals surface area contributed by atoms with Crippen LogP contribution in [0.5, 0.6) is 5.75 Å². The third-order valence-corrected chi connectivity index (χ3v) is 5.16. The first-order valence-electron chi connectivity index (χ1n) is 8.43. The van der Waals surface area contributed by atoms with E-state index in [1.165, 1.54) is 19.3 Å². The molecule has 0 bridgehead atoms. The predicted octanol–water partition coefficient (Wildman–Crippen LogP) is 2.62. The van der Waals surface area contributed by atoms with E-state index < -0.39 is 0 Å². The summed E-state index contributed by atoms with van der Waals surface area (Å²) < 4.78 is 10.7. The fraction of sp³-hybridized carbons (Fsp3) is 0.667. The number of hydrogen-bond acceptors (Lipinski definition) is 4. The van der Waals surface area contributed by atoms with Crippen LogP contribution in [-0.4, -0.2) is 49.5 Å². The Kier molecular flexibility index (Phi) is 5.34. The van der Waals surface area contributed by atoms with Crippen molar-refractivity contribution in [2.45, 2.75) is 37.8 Å². The van der Waals surface area contributed by atoms with Crippen LogP contribution in [0.3, 0.4) is 0 Å². The molecule has 0 aromatic heterocycles. The summed E-state index contributed by atoms with van der Waals surface area (Å²) in [7, 11) is 1.67. The Morgan fingerprint density at radius 2 is 1.82 bits per heavy atom. The highest BCUT2D eigenvalue weighted by atomic mass is 16.5. The third-order valence-electron chi connectivity index (χ3n) is 5.16. The number of ether oxygens (including phenoxy) is 2. The van der Waals surface area contributed by atoms with Crippen molar-refractivity contribution in [2.24, 2.45) is 5.92 Å². The van der Waals surface area contributed by atoms with Gasteiger partial charge in [-0.15, -0.1) is 0 Å². The fourth-order valence-electron chi connectivity index (χ4n) is 3.92. The van der Waals surface area contributed by atoms with E-state index in [9.17, 15) is 5.11 Å². The van der Waals surface area contributed by atoms with Gasteiger partial charge >= 0.3 is 0 Å². The molecule has 122 valence electrons. The van der Waals surface area contributed by atoms with Crippen molar-refractivity contribution in [2.75, 3.05) is 33.4 Å². The van der Waals surface area contributed by atoms with Crippen LogP contribution in [0.4, 0.5) is 0 Å². The minimum atomic E-state index is -0.390. The number of aliphatic hydroxyl groups is 1. The van der Waals surface area contributed by atoms with Gasteiger partial charge in [-0.05, 0) is 30.5 Å². The van der Waals surface area contributed by atoms with Gasteiger partial charge in [-0.1, -0.05) is 25.0 Å². The molecular weight excluding hydrogens is 278 g/mol. The van der Waals surface area contributed by atoms with Crippen LogP contribution < -0.4 is 4.74 Å². The molecule has 1 aromatic carbocycles. The number of methoxy groups -OCH3 is 1. The van der Waals surface area contributed by atoms with Gasteiger partial charge in [0.25, 0.3) is 0 Å². The van der Waals surface area contributed by atoms with Crippen molar-refractivity contribution in [1.82, 2.24) is 4.90 Å². The number of morpholine rings is 1. The molecule has 0 radical (unpaired) electrons. The molecule has 0 spiro atoms. The summed E-state index contributed by atoms with van der Waals surface area (Å²) >= 11 is 0. The first-order valence-corrected chi connectivity index (χ1v) is 8.43. The average Bonchev–Trinajstić information content (AvgIpc) is 2.62. The molecule has 1 saturated carbocycles. The summed E-state index contributed by atoms with van der Waals surface area (Å²) in [4.78, 5) is 2.53. The van der Waals surface area contributed by atoms with E-state index >= 15 is 0 Å². The summed E-state index contributed by atoms with van der Waals surface area (Å²) in [6.07, 6.45) is 4.40. The minimum Gasteiger partial charge on any atom is -0.497 e. The molecule has 3 rings (SSSR count). The lowest BCUT2D eigenvalue weighted by molar-refractivity contribution is -0.0372. The highest BCUT2D eigenvalue weighted by Gasteiger charge is 2.35. The fourth-order valence-corrected chi connectivity index (χ4v) is 3.92. The molecule has 1 aliphatic carbocycles. The second-order valence-electron chi connectivity index (χ2n) is 6.38. The summed E-state index contributed by atoms with van der Waals surface area (Å²) in [6.45, 7) is 3.64. The van der Waals surface area contributed by atoms with Gasteiger partial charge in [0.15, 0.2) is 0 Å². The second-order valence-corrected chi connectivity index (χ2v) is 6.38. The molecule has 1 aromatic rings. The van der Waals surface area contributed by atoms with E-state index in [0.717, 1.165) is 44.0 Å². The van der Waals surface area contributed by atoms with Crippen LogP contribution >= 0.6 is 0 Å². The number of rotatable bonds is 4. The maximum Gasteiger partial charge on any atom is 0.118 e. The molecule has 4 heteroatoms. The van der Waals surface area contributed by atoms with Crippen LogP contribution in [0.25, 0.3) is 0 Å². The zero-order valence-electron chi connectivity index (χ0n) is 13.4. The largest absolute Gasteiger partial charge is 0.497 e. The van der Waals surface area contributed by atoms with Crippen molar-refractivity contribution in [3.05, 3.63) is 29.8 Å². The monoisotopic (exact) mass is 305 g/mol. The highest BCUT2D eigenvalue weighted by molar-refractivity contribution is 5.29. The Hall–Kier alpha value is -1.10. The van der Waals surface area contributed by atoms with E-state index in [0.29, 0.717) is 12.0 Å². The van der Waals surface area contributed by atoms with Gasteiger partial charge < -0.3 is 14.6 Å². The van der Waals surface area contributed by atoms with Gasteiger partial charge in [-0.3, -0.25) is 4.90 Å².